The summed E-state index contributed by atoms with van der Waals surface area (Å²) in [5, 5.41) is 13.8. The van der Waals surface area contributed by atoms with Crippen molar-refractivity contribution in [3.05, 3.63) is 36.5 Å². The lowest BCUT2D eigenvalue weighted by Gasteiger charge is -2.25. The highest BCUT2D eigenvalue weighted by molar-refractivity contribution is 7.47. The summed E-state index contributed by atoms with van der Waals surface area (Å²) in [5.74, 6) is -0.195. The normalized spacial score (nSPS) is 14.6. The molecule has 3 atom stereocenters. The Labute approximate surface area is 347 Å². The number of allylic oxidation sites excluding steroid dienone is 5. The van der Waals surface area contributed by atoms with Gasteiger partial charge in [0.05, 0.1) is 39.9 Å². The molecule has 0 rings (SSSR count). The highest BCUT2D eigenvalue weighted by Gasteiger charge is 2.27. The van der Waals surface area contributed by atoms with Gasteiger partial charge in [0.2, 0.25) is 5.91 Å². The number of phosphoric acid groups is 1. The van der Waals surface area contributed by atoms with Gasteiger partial charge in [-0.25, -0.2) is 4.57 Å². The molecule has 0 aliphatic heterocycles. The van der Waals surface area contributed by atoms with Gasteiger partial charge in [0.15, 0.2) is 0 Å². The van der Waals surface area contributed by atoms with Crippen molar-refractivity contribution in [2.24, 2.45) is 0 Å². The molecule has 56 heavy (non-hydrogen) atoms. The zero-order valence-corrected chi connectivity index (χ0v) is 38.3. The van der Waals surface area contributed by atoms with E-state index in [-0.39, 0.29) is 19.1 Å². The summed E-state index contributed by atoms with van der Waals surface area (Å²) in [7, 11) is 1.55. The van der Waals surface area contributed by atoms with Crippen LogP contribution in [0.1, 0.15) is 206 Å². The first-order valence-corrected chi connectivity index (χ1v) is 24.9. The summed E-state index contributed by atoms with van der Waals surface area (Å²) >= 11 is 0. The van der Waals surface area contributed by atoms with E-state index in [9.17, 15) is 19.4 Å². The fourth-order valence-corrected chi connectivity index (χ4v) is 7.34. The molecule has 0 aliphatic rings. The minimum atomic E-state index is -4.34. The van der Waals surface area contributed by atoms with E-state index in [1.165, 1.54) is 141 Å². The minimum absolute atomic E-state index is 0.0543. The van der Waals surface area contributed by atoms with Crippen molar-refractivity contribution in [3.8, 4) is 0 Å². The molecule has 0 aromatic heterocycles. The Hall–Kier alpha value is -1.28. The van der Waals surface area contributed by atoms with Crippen molar-refractivity contribution in [3.63, 3.8) is 0 Å². The number of carbonyl (C=O) groups excluding carboxylic acids is 1. The van der Waals surface area contributed by atoms with Crippen LogP contribution in [0.15, 0.2) is 36.5 Å². The molecule has 0 saturated heterocycles. The van der Waals surface area contributed by atoms with E-state index in [0.29, 0.717) is 17.4 Å². The zero-order chi connectivity index (χ0) is 41.4. The van der Waals surface area contributed by atoms with E-state index in [1.54, 1.807) is 6.08 Å². The number of amides is 1. The van der Waals surface area contributed by atoms with Gasteiger partial charge in [-0.15, -0.1) is 0 Å². The molecule has 0 aromatic rings. The largest absolute Gasteiger partial charge is 0.472 e. The van der Waals surface area contributed by atoms with Crippen LogP contribution in [0.2, 0.25) is 0 Å². The van der Waals surface area contributed by atoms with E-state index in [2.05, 4.69) is 43.5 Å². The molecule has 0 radical (unpaired) electrons. The Bertz CT molecular complexity index is 1010. The van der Waals surface area contributed by atoms with Gasteiger partial charge in [-0.05, 0) is 44.9 Å². The third-order valence-corrected chi connectivity index (χ3v) is 11.3. The Balaban J connectivity index is 4.31. The van der Waals surface area contributed by atoms with Gasteiger partial charge >= 0.3 is 7.82 Å². The lowest BCUT2D eigenvalue weighted by Crippen LogP contribution is -2.45. The number of aliphatic hydroxyl groups excluding tert-OH is 1. The number of quaternary nitrogens is 1. The van der Waals surface area contributed by atoms with Gasteiger partial charge in [-0.3, -0.25) is 13.8 Å². The summed E-state index contributed by atoms with van der Waals surface area (Å²) in [5.41, 5.74) is 0. The average molecular weight is 812 g/mol. The summed E-state index contributed by atoms with van der Waals surface area (Å²) < 4.78 is 23.5. The number of hydrogen-bond acceptors (Lipinski definition) is 5. The maximum absolute atomic E-state index is 12.8. The molecule has 0 aromatic carbocycles. The maximum Gasteiger partial charge on any atom is 0.472 e. The molecule has 8 nitrogen and oxygen atoms in total. The molecule has 0 fully saturated rings. The number of carbonyl (C=O) groups is 1. The number of unbranched alkanes of at least 4 members (excludes halogenated alkanes) is 25. The van der Waals surface area contributed by atoms with E-state index in [1.807, 2.05) is 27.2 Å². The first kappa shape index (κ1) is 54.7. The summed E-state index contributed by atoms with van der Waals surface area (Å²) in [6.45, 7) is 4.76. The topological polar surface area (TPSA) is 105 Å². The Morgan fingerprint density at radius 1 is 0.589 bits per heavy atom. The van der Waals surface area contributed by atoms with E-state index < -0.39 is 20.0 Å². The molecule has 0 bridgehead atoms. The highest BCUT2D eigenvalue weighted by atomic mass is 31.2. The molecule has 0 heterocycles. The van der Waals surface area contributed by atoms with Crippen LogP contribution in [0, 0.1) is 0 Å². The predicted molar refractivity (Wildman–Crippen MR) is 240 cm³/mol. The number of rotatable bonds is 42. The molecule has 1 amide bonds. The van der Waals surface area contributed by atoms with Crippen LogP contribution in [0.5, 0.6) is 0 Å². The van der Waals surface area contributed by atoms with Crippen LogP contribution in [0.4, 0.5) is 0 Å². The average Bonchev–Trinajstić information content (AvgIpc) is 3.15. The van der Waals surface area contributed by atoms with Crippen LogP contribution >= 0.6 is 7.82 Å². The SMILES string of the molecule is CCCCCCCCCCCCCCCCC/C=C/CC/C=C/CC/C=C/C(O)C(COP(=O)(O)OCC[N+](C)(C)C)NC(=O)CCCCCCCCCCC. The molecule has 9 heteroatoms. The smallest absolute Gasteiger partial charge is 0.387 e. The third-order valence-electron chi connectivity index (χ3n) is 10.3. The fraction of sp³-hybridized carbons (Fsp3) is 0.851. The first-order valence-electron chi connectivity index (χ1n) is 23.4. The van der Waals surface area contributed by atoms with Crippen molar-refractivity contribution >= 4 is 13.7 Å². The zero-order valence-electron chi connectivity index (χ0n) is 37.4. The Morgan fingerprint density at radius 2 is 0.982 bits per heavy atom. The number of hydrogen-bond donors (Lipinski definition) is 3. The van der Waals surface area contributed by atoms with Crippen molar-refractivity contribution < 1.29 is 32.9 Å². The molecule has 0 spiro atoms. The van der Waals surface area contributed by atoms with Crippen LogP contribution in [0.25, 0.3) is 0 Å². The number of likely N-dealkylation sites (N-methyl/N-ethyl adjacent to an activating group) is 1. The monoisotopic (exact) mass is 812 g/mol. The molecular formula is C47H92N2O6P+. The van der Waals surface area contributed by atoms with Gasteiger partial charge < -0.3 is 19.8 Å². The maximum atomic E-state index is 12.8. The van der Waals surface area contributed by atoms with Gasteiger partial charge in [0.25, 0.3) is 0 Å². The summed E-state index contributed by atoms with van der Waals surface area (Å²) in [6, 6.07) is -0.864. The van der Waals surface area contributed by atoms with Crippen molar-refractivity contribution in [1.29, 1.82) is 0 Å². The molecular weight excluding hydrogens is 719 g/mol. The van der Waals surface area contributed by atoms with Crippen molar-refractivity contribution in [2.45, 2.75) is 219 Å². The molecule has 0 saturated carbocycles. The summed E-state index contributed by atoms with van der Waals surface area (Å²) in [4.78, 5) is 23.0. The minimum Gasteiger partial charge on any atom is -0.387 e. The van der Waals surface area contributed by atoms with E-state index in [4.69, 9.17) is 9.05 Å². The first-order chi connectivity index (χ1) is 27.0. The summed E-state index contributed by atoms with van der Waals surface area (Å²) in [6.07, 6.45) is 48.1. The van der Waals surface area contributed by atoms with Crippen LogP contribution in [-0.4, -0.2) is 73.4 Å². The second kappa shape index (κ2) is 39.2. The Kier molecular flexibility index (Phi) is 38.3. The number of aliphatic hydroxyl groups is 1. The number of phosphoric ester groups is 1. The molecule has 330 valence electrons. The van der Waals surface area contributed by atoms with Crippen LogP contribution in [0.3, 0.4) is 0 Å². The second-order valence-corrected chi connectivity index (χ2v) is 18.6. The van der Waals surface area contributed by atoms with Gasteiger partial charge in [-0.2, -0.15) is 0 Å². The fourth-order valence-electron chi connectivity index (χ4n) is 6.60. The molecule has 0 aliphatic carbocycles. The lowest BCUT2D eigenvalue weighted by atomic mass is 10.0. The molecule has 3 N–H and O–H groups in total. The van der Waals surface area contributed by atoms with Crippen LogP contribution < -0.4 is 5.32 Å². The number of nitrogens with zero attached hydrogens (tertiary/aromatic N) is 1. The molecule has 3 unspecified atom stereocenters. The Morgan fingerprint density at radius 3 is 1.43 bits per heavy atom. The third kappa shape index (κ3) is 40.9. The van der Waals surface area contributed by atoms with E-state index in [0.717, 1.165) is 44.9 Å². The van der Waals surface area contributed by atoms with Gasteiger partial charge in [-0.1, -0.05) is 192 Å². The number of nitrogens with one attached hydrogen (secondary N) is 1. The highest BCUT2D eigenvalue weighted by Crippen LogP contribution is 2.43. The lowest BCUT2D eigenvalue weighted by molar-refractivity contribution is -0.870. The second-order valence-electron chi connectivity index (χ2n) is 17.1. The van der Waals surface area contributed by atoms with Crippen molar-refractivity contribution in [1.82, 2.24) is 5.32 Å². The quantitative estimate of drug-likeness (QED) is 0.0245. The van der Waals surface area contributed by atoms with Gasteiger partial charge in [0.1, 0.15) is 13.2 Å². The van der Waals surface area contributed by atoms with Gasteiger partial charge in [0, 0.05) is 6.42 Å². The van der Waals surface area contributed by atoms with Crippen molar-refractivity contribution in [2.75, 3.05) is 40.9 Å². The van der Waals surface area contributed by atoms with E-state index >= 15 is 0 Å². The van der Waals surface area contributed by atoms with Crippen LogP contribution in [-0.2, 0) is 18.4 Å². The standard InChI is InChI=1S/C47H91N2O6P/c1-6-8-10-12-14-16-17-18-19-20-21-22-23-24-25-26-27-28-29-30-31-33-34-36-38-40-46(50)45(44-55-56(52,53)54-43-42-49(3,4)5)48-47(51)41-39-37-35-32-15-13-11-9-7-2/h27-28,31,33,38,40,45-46,50H,6-26,29-30,32,34-37,39,41-44H2,1-5H3,(H-,48,51,52,53)/p+1/b28-27+,33-31+,40-38+. The predicted octanol–water partition coefficient (Wildman–Crippen LogP) is 13.1.